The predicted molar refractivity (Wildman–Crippen MR) is 97.5 cm³/mol. The van der Waals surface area contributed by atoms with Gasteiger partial charge in [0.15, 0.2) is 0 Å². The van der Waals surface area contributed by atoms with Crippen LogP contribution in [0.1, 0.15) is 33.6 Å². The molecule has 1 unspecified atom stereocenters. The number of carbonyl (C=O) groups is 1. The molecular weight excluding hydrogens is 346 g/mol. The van der Waals surface area contributed by atoms with E-state index in [1.165, 1.54) is 9.21 Å². The van der Waals surface area contributed by atoms with Crippen LogP contribution in [-0.4, -0.2) is 66.8 Å². The summed E-state index contributed by atoms with van der Waals surface area (Å²) in [5.74, 6) is 0.578. The van der Waals surface area contributed by atoms with Crippen LogP contribution in [0.2, 0.25) is 0 Å². The molecule has 1 saturated heterocycles. The molecule has 2 atom stereocenters. The lowest BCUT2D eigenvalue weighted by Crippen LogP contribution is -2.51. The Bertz CT molecular complexity index is 599. The van der Waals surface area contributed by atoms with E-state index < -0.39 is 16.3 Å². The molecule has 0 radical (unpaired) electrons. The van der Waals surface area contributed by atoms with Crippen LogP contribution in [0.5, 0.6) is 0 Å². The highest BCUT2D eigenvalue weighted by atomic mass is 32.2. The standard InChI is InChI=1S/C15H29N5O4S/c1-5-17-13(4)18-11(2)12(3)20(15(21)22)10-14-6-8-19(9-7-14)25(16,23)24/h5,11-12,14,18H,4,6-10H2,1-3H3,(H,21,22)(H2,16,23,24)/b17-5-/t11-,12?/m0/s1. The minimum absolute atomic E-state index is 0.0978. The van der Waals surface area contributed by atoms with Crippen molar-refractivity contribution in [2.24, 2.45) is 16.0 Å². The van der Waals surface area contributed by atoms with Gasteiger partial charge in [0.2, 0.25) is 0 Å². The van der Waals surface area contributed by atoms with Crippen LogP contribution in [0.3, 0.4) is 0 Å². The van der Waals surface area contributed by atoms with E-state index in [1.54, 1.807) is 13.1 Å². The lowest BCUT2D eigenvalue weighted by molar-refractivity contribution is 0.0999. The molecule has 25 heavy (non-hydrogen) atoms. The number of nitrogens with zero attached hydrogens (tertiary/aromatic N) is 3. The summed E-state index contributed by atoms with van der Waals surface area (Å²) in [6.45, 7) is 10.2. The van der Waals surface area contributed by atoms with Gasteiger partial charge in [0.05, 0.1) is 6.04 Å². The zero-order chi connectivity index (χ0) is 19.2. The second-order valence-electron chi connectivity index (χ2n) is 6.33. The Hall–Kier alpha value is -1.65. The maximum atomic E-state index is 11.7. The van der Waals surface area contributed by atoms with E-state index in [2.05, 4.69) is 16.9 Å². The molecule has 0 bridgehead atoms. The van der Waals surface area contributed by atoms with Crippen molar-refractivity contribution in [3.8, 4) is 0 Å². The van der Waals surface area contributed by atoms with Crippen LogP contribution in [0.4, 0.5) is 4.79 Å². The van der Waals surface area contributed by atoms with Crippen molar-refractivity contribution in [2.45, 2.75) is 45.7 Å². The van der Waals surface area contributed by atoms with E-state index in [-0.39, 0.29) is 18.0 Å². The minimum Gasteiger partial charge on any atom is -0.465 e. The van der Waals surface area contributed by atoms with E-state index in [1.807, 2.05) is 13.8 Å². The van der Waals surface area contributed by atoms with E-state index in [0.29, 0.717) is 38.3 Å². The summed E-state index contributed by atoms with van der Waals surface area (Å²) in [5, 5.41) is 17.8. The van der Waals surface area contributed by atoms with Crippen LogP contribution in [0.25, 0.3) is 0 Å². The Balaban J connectivity index is 2.65. The third-order valence-electron chi connectivity index (χ3n) is 4.53. The number of carboxylic acid groups (broad SMARTS) is 1. The predicted octanol–water partition coefficient (Wildman–Crippen LogP) is 0.810. The fourth-order valence-electron chi connectivity index (χ4n) is 2.89. The summed E-state index contributed by atoms with van der Waals surface area (Å²) in [6.07, 6.45) is 1.78. The molecule has 1 amide bonds. The first-order valence-corrected chi connectivity index (χ1v) is 9.78. The maximum absolute atomic E-state index is 11.7. The number of hydrogen-bond acceptors (Lipinski definition) is 5. The number of rotatable bonds is 8. The van der Waals surface area contributed by atoms with Crippen LogP contribution in [0, 0.1) is 5.92 Å². The van der Waals surface area contributed by atoms with Crippen molar-refractivity contribution in [3.63, 3.8) is 0 Å². The van der Waals surface area contributed by atoms with Gasteiger partial charge in [-0.3, -0.25) is 0 Å². The van der Waals surface area contributed by atoms with Crippen LogP contribution < -0.4 is 10.5 Å². The van der Waals surface area contributed by atoms with Gasteiger partial charge >= 0.3 is 6.09 Å². The first-order valence-electron chi connectivity index (χ1n) is 8.27. The Morgan fingerprint density at radius 1 is 1.48 bits per heavy atom. The molecule has 1 aliphatic heterocycles. The molecule has 0 aromatic heterocycles. The lowest BCUT2D eigenvalue weighted by atomic mass is 9.96. The summed E-state index contributed by atoms with van der Waals surface area (Å²) in [5.41, 5.74) is 0. The van der Waals surface area contributed by atoms with Gasteiger partial charge in [-0.25, -0.2) is 14.9 Å². The molecule has 0 spiro atoms. The maximum Gasteiger partial charge on any atom is 0.407 e. The van der Waals surface area contributed by atoms with Crippen LogP contribution >= 0.6 is 0 Å². The van der Waals surface area contributed by atoms with Crippen LogP contribution in [-0.2, 0) is 10.2 Å². The molecule has 0 saturated carbocycles. The van der Waals surface area contributed by atoms with Crippen molar-refractivity contribution >= 4 is 22.5 Å². The second kappa shape index (κ2) is 9.16. The Labute approximate surface area is 149 Å². The smallest absolute Gasteiger partial charge is 0.407 e. The van der Waals surface area contributed by atoms with E-state index >= 15 is 0 Å². The van der Waals surface area contributed by atoms with E-state index in [9.17, 15) is 18.3 Å². The first-order chi connectivity index (χ1) is 11.6. The fraction of sp³-hybridized carbons (Fsp3) is 0.733. The molecule has 10 heteroatoms. The van der Waals surface area contributed by atoms with E-state index in [4.69, 9.17) is 5.14 Å². The third kappa shape index (κ3) is 6.63. The minimum atomic E-state index is -3.67. The van der Waals surface area contributed by atoms with Crippen molar-refractivity contribution in [1.29, 1.82) is 0 Å². The molecule has 1 fully saturated rings. The third-order valence-corrected chi connectivity index (χ3v) is 5.61. The highest BCUT2D eigenvalue weighted by Crippen LogP contribution is 2.21. The average Bonchev–Trinajstić information content (AvgIpc) is 2.51. The quantitative estimate of drug-likeness (QED) is 0.541. The Kier molecular flexibility index (Phi) is 7.84. The molecule has 4 N–H and O–H groups in total. The summed E-state index contributed by atoms with van der Waals surface area (Å²) in [7, 11) is -3.67. The molecule has 1 aliphatic rings. The Morgan fingerprint density at radius 2 is 2.04 bits per heavy atom. The number of hydrogen-bond donors (Lipinski definition) is 3. The van der Waals surface area contributed by atoms with Gasteiger partial charge in [0.1, 0.15) is 5.82 Å². The number of piperidine rings is 1. The van der Waals surface area contributed by atoms with Crippen molar-refractivity contribution in [3.05, 3.63) is 12.4 Å². The molecular formula is C15H29N5O4S. The van der Waals surface area contributed by atoms with Gasteiger partial charge in [-0.1, -0.05) is 6.58 Å². The van der Waals surface area contributed by atoms with Crippen LogP contribution in [0.15, 0.2) is 17.4 Å². The highest BCUT2D eigenvalue weighted by Gasteiger charge is 2.31. The first kappa shape index (κ1) is 21.4. The SMILES string of the molecule is C=C(/N=C\C)N[C@@H](C)C(C)N(CC1CCN(S(N)(=O)=O)CC1)C(=O)O. The van der Waals surface area contributed by atoms with Gasteiger partial charge < -0.3 is 15.3 Å². The normalized spacial score (nSPS) is 19.5. The molecule has 0 aromatic rings. The zero-order valence-corrected chi connectivity index (χ0v) is 15.9. The number of amides is 1. The van der Waals surface area contributed by atoms with Crippen molar-refractivity contribution < 1.29 is 18.3 Å². The van der Waals surface area contributed by atoms with Crippen molar-refractivity contribution in [1.82, 2.24) is 14.5 Å². The van der Waals surface area contributed by atoms with Gasteiger partial charge in [0.25, 0.3) is 10.2 Å². The lowest BCUT2D eigenvalue weighted by Gasteiger charge is -2.37. The van der Waals surface area contributed by atoms with Gasteiger partial charge in [-0.05, 0) is 39.5 Å². The summed E-state index contributed by atoms with van der Waals surface area (Å²) in [4.78, 5) is 17.1. The highest BCUT2D eigenvalue weighted by molar-refractivity contribution is 7.86. The molecule has 9 nitrogen and oxygen atoms in total. The second-order valence-corrected chi connectivity index (χ2v) is 7.88. The van der Waals surface area contributed by atoms with E-state index in [0.717, 1.165) is 0 Å². The van der Waals surface area contributed by atoms with Gasteiger partial charge in [-0.2, -0.15) is 12.7 Å². The zero-order valence-electron chi connectivity index (χ0n) is 15.1. The largest absolute Gasteiger partial charge is 0.465 e. The van der Waals surface area contributed by atoms with Gasteiger partial charge in [0, 0.05) is 31.9 Å². The monoisotopic (exact) mass is 375 g/mol. The topological polar surface area (TPSA) is 128 Å². The average molecular weight is 375 g/mol. The molecule has 1 rings (SSSR count). The summed E-state index contributed by atoms with van der Waals surface area (Å²) >= 11 is 0. The number of nitrogens with one attached hydrogen (secondary N) is 1. The summed E-state index contributed by atoms with van der Waals surface area (Å²) < 4.78 is 23.9. The van der Waals surface area contributed by atoms with Gasteiger partial charge in [-0.15, -0.1) is 0 Å². The fourth-order valence-corrected chi connectivity index (χ4v) is 3.61. The van der Waals surface area contributed by atoms with Crippen molar-refractivity contribution in [2.75, 3.05) is 19.6 Å². The summed E-state index contributed by atoms with van der Waals surface area (Å²) in [6, 6.07) is -0.464. The molecule has 1 heterocycles. The number of aliphatic imine (C=N–C) groups is 1. The molecule has 0 aromatic carbocycles. The number of nitrogens with two attached hydrogens (primary N) is 1. The Morgan fingerprint density at radius 3 is 2.48 bits per heavy atom. The molecule has 0 aliphatic carbocycles. The molecule has 144 valence electrons.